The van der Waals surface area contributed by atoms with Crippen molar-refractivity contribution in [3.05, 3.63) is 29.8 Å². The minimum absolute atomic E-state index is 0.317. The highest BCUT2D eigenvalue weighted by Gasteiger charge is 2.15. The third-order valence-electron chi connectivity index (χ3n) is 3.57. The zero-order valence-electron chi connectivity index (χ0n) is 13.2. The third kappa shape index (κ3) is 5.09. The fourth-order valence-electron chi connectivity index (χ4n) is 2.34. The number of hydrogen-bond acceptors (Lipinski definition) is 7. The van der Waals surface area contributed by atoms with Gasteiger partial charge in [0.1, 0.15) is 5.75 Å². The van der Waals surface area contributed by atoms with E-state index in [0.29, 0.717) is 12.7 Å². The molecular weight excluding hydrogens is 330 g/mol. The normalized spacial score (nSPS) is 17.3. The average Bonchev–Trinajstić information content (AvgIpc) is 3.23. The topological polar surface area (TPSA) is 56.3 Å². The first-order chi connectivity index (χ1) is 11.3. The smallest absolute Gasteiger partial charge is 0.206 e. The highest BCUT2D eigenvalue weighted by atomic mass is 32.2. The van der Waals surface area contributed by atoms with E-state index < -0.39 is 0 Å². The molecule has 0 radical (unpaired) electrons. The van der Waals surface area contributed by atoms with Gasteiger partial charge in [0.25, 0.3) is 0 Å². The molecule has 2 heterocycles. The second kappa shape index (κ2) is 8.52. The maximum Gasteiger partial charge on any atom is 0.206 e. The number of hydrogen-bond donors (Lipinski definition) is 1. The van der Waals surface area contributed by atoms with Gasteiger partial charge in [-0.15, -0.1) is 10.2 Å². The van der Waals surface area contributed by atoms with E-state index in [0.717, 1.165) is 52.5 Å². The molecule has 0 saturated carbocycles. The number of aromatic nitrogens is 2. The van der Waals surface area contributed by atoms with Crippen LogP contribution in [0.25, 0.3) is 0 Å². The van der Waals surface area contributed by atoms with Gasteiger partial charge >= 0.3 is 0 Å². The maximum absolute atomic E-state index is 5.78. The SMILES string of the molecule is Cc1ccccc1OCCSc1nnc(NCC2CCCO2)s1. The Morgan fingerprint density at radius 2 is 2.30 bits per heavy atom. The van der Waals surface area contributed by atoms with Gasteiger partial charge in [-0.1, -0.05) is 41.3 Å². The first kappa shape index (κ1) is 16.5. The summed E-state index contributed by atoms with van der Waals surface area (Å²) >= 11 is 3.26. The molecule has 1 atom stereocenters. The van der Waals surface area contributed by atoms with Crippen molar-refractivity contribution in [2.24, 2.45) is 0 Å². The van der Waals surface area contributed by atoms with Gasteiger partial charge < -0.3 is 14.8 Å². The Labute approximate surface area is 144 Å². The molecule has 1 aliphatic heterocycles. The van der Waals surface area contributed by atoms with Gasteiger partial charge in [-0.25, -0.2) is 0 Å². The van der Waals surface area contributed by atoms with Crippen LogP contribution < -0.4 is 10.1 Å². The van der Waals surface area contributed by atoms with Crippen LogP contribution in [-0.2, 0) is 4.74 Å². The number of aryl methyl sites for hydroxylation is 1. The third-order valence-corrected chi connectivity index (χ3v) is 5.55. The summed E-state index contributed by atoms with van der Waals surface area (Å²) in [4.78, 5) is 0. The summed E-state index contributed by atoms with van der Waals surface area (Å²) < 4.78 is 12.3. The van der Waals surface area contributed by atoms with E-state index in [-0.39, 0.29) is 0 Å². The monoisotopic (exact) mass is 351 g/mol. The van der Waals surface area contributed by atoms with Crippen LogP contribution in [0, 0.1) is 6.92 Å². The largest absolute Gasteiger partial charge is 0.492 e. The molecule has 0 bridgehead atoms. The molecule has 5 nitrogen and oxygen atoms in total. The predicted molar refractivity (Wildman–Crippen MR) is 94.8 cm³/mol. The molecule has 0 aliphatic carbocycles. The number of para-hydroxylation sites is 1. The number of nitrogens with one attached hydrogen (secondary N) is 1. The zero-order valence-corrected chi connectivity index (χ0v) is 14.8. The van der Waals surface area contributed by atoms with Gasteiger partial charge in [-0.3, -0.25) is 0 Å². The van der Waals surface area contributed by atoms with Crippen LogP contribution >= 0.6 is 23.1 Å². The van der Waals surface area contributed by atoms with Gasteiger partial charge in [0.05, 0.1) is 12.7 Å². The van der Waals surface area contributed by atoms with Gasteiger partial charge in [0, 0.05) is 18.9 Å². The Kier molecular flexibility index (Phi) is 6.13. The lowest BCUT2D eigenvalue weighted by Gasteiger charge is -2.08. The fraction of sp³-hybridized carbons (Fsp3) is 0.500. The summed E-state index contributed by atoms with van der Waals surface area (Å²) in [7, 11) is 0. The van der Waals surface area contributed by atoms with E-state index in [4.69, 9.17) is 9.47 Å². The van der Waals surface area contributed by atoms with Crippen molar-refractivity contribution in [2.45, 2.75) is 30.2 Å². The molecule has 1 aromatic heterocycles. The van der Waals surface area contributed by atoms with Crippen LogP contribution in [0.4, 0.5) is 5.13 Å². The van der Waals surface area contributed by atoms with Gasteiger partial charge in [0.15, 0.2) is 4.34 Å². The van der Waals surface area contributed by atoms with Crippen LogP contribution in [0.5, 0.6) is 5.75 Å². The summed E-state index contributed by atoms with van der Waals surface area (Å²) in [5.74, 6) is 1.80. The Bertz CT molecular complexity index is 615. The maximum atomic E-state index is 5.78. The van der Waals surface area contributed by atoms with E-state index in [2.05, 4.69) is 28.5 Å². The molecule has 0 spiro atoms. The Balaban J connectivity index is 1.36. The molecule has 2 aromatic rings. The second-order valence-electron chi connectivity index (χ2n) is 5.35. The number of thioether (sulfide) groups is 1. The molecule has 1 aromatic carbocycles. The van der Waals surface area contributed by atoms with Crippen LogP contribution in [0.2, 0.25) is 0 Å². The Morgan fingerprint density at radius 1 is 1.39 bits per heavy atom. The molecule has 0 amide bonds. The molecule has 124 valence electrons. The lowest BCUT2D eigenvalue weighted by Crippen LogP contribution is -2.18. The van der Waals surface area contributed by atoms with Crippen LogP contribution in [0.3, 0.4) is 0 Å². The average molecular weight is 351 g/mol. The van der Waals surface area contributed by atoms with Gasteiger partial charge in [-0.2, -0.15) is 0 Å². The quantitative estimate of drug-likeness (QED) is 0.579. The van der Waals surface area contributed by atoms with Crippen molar-refractivity contribution in [1.29, 1.82) is 0 Å². The molecule has 1 fully saturated rings. The van der Waals surface area contributed by atoms with E-state index >= 15 is 0 Å². The van der Waals surface area contributed by atoms with Crippen molar-refractivity contribution < 1.29 is 9.47 Å². The lowest BCUT2D eigenvalue weighted by molar-refractivity contribution is 0.120. The van der Waals surface area contributed by atoms with Gasteiger partial charge in [-0.05, 0) is 31.4 Å². The van der Waals surface area contributed by atoms with Crippen molar-refractivity contribution in [1.82, 2.24) is 10.2 Å². The van der Waals surface area contributed by atoms with E-state index in [1.54, 1.807) is 23.1 Å². The van der Waals surface area contributed by atoms with E-state index in [1.807, 2.05) is 18.2 Å². The molecule has 23 heavy (non-hydrogen) atoms. The van der Waals surface area contributed by atoms with Crippen molar-refractivity contribution in [3.8, 4) is 5.75 Å². The number of ether oxygens (including phenoxy) is 2. The summed E-state index contributed by atoms with van der Waals surface area (Å²) in [6.45, 7) is 4.41. The summed E-state index contributed by atoms with van der Waals surface area (Å²) in [6, 6.07) is 8.06. The van der Waals surface area contributed by atoms with Crippen LogP contribution in [0.15, 0.2) is 28.6 Å². The second-order valence-corrected chi connectivity index (χ2v) is 7.67. The van der Waals surface area contributed by atoms with Crippen molar-refractivity contribution >= 4 is 28.2 Å². The van der Waals surface area contributed by atoms with Crippen LogP contribution in [-0.4, -0.2) is 41.8 Å². The summed E-state index contributed by atoms with van der Waals surface area (Å²) in [5.41, 5.74) is 1.16. The molecule has 1 aliphatic rings. The molecular formula is C16H21N3O2S2. The number of rotatable bonds is 8. The molecule has 1 unspecified atom stereocenters. The van der Waals surface area contributed by atoms with Crippen molar-refractivity contribution in [2.75, 3.05) is 30.8 Å². The number of nitrogens with zero attached hydrogens (tertiary/aromatic N) is 2. The molecule has 3 rings (SSSR count). The standard InChI is InChI=1S/C16H21N3O2S2/c1-12-5-2-3-7-14(12)21-9-10-22-16-19-18-15(23-16)17-11-13-6-4-8-20-13/h2-3,5,7,13H,4,6,8-11H2,1H3,(H,17,18). The lowest BCUT2D eigenvalue weighted by atomic mass is 10.2. The van der Waals surface area contributed by atoms with Gasteiger partial charge in [0.2, 0.25) is 5.13 Å². The highest BCUT2D eigenvalue weighted by Crippen LogP contribution is 2.26. The summed E-state index contributed by atoms with van der Waals surface area (Å²) in [6.07, 6.45) is 2.60. The molecule has 1 saturated heterocycles. The predicted octanol–water partition coefficient (Wildman–Crippen LogP) is 3.61. The first-order valence-electron chi connectivity index (χ1n) is 7.81. The number of benzene rings is 1. The minimum Gasteiger partial charge on any atom is -0.492 e. The minimum atomic E-state index is 0.317. The Morgan fingerprint density at radius 3 is 3.13 bits per heavy atom. The van der Waals surface area contributed by atoms with E-state index in [9.17, 15) is 0 Å². The van der Waals surface area contributed by atoms with Crippen molar-refractivity contribution in [3.63, 3.8) is 0 Å². The molecule has 1 N–H and O–H groups in total. The first-order valence-corrected chi connectivity index (χ1v) is 9.61. The van der Waals surface area contributed by atoms with Crippen LogP contribution in [0.1, 0.15) is 18.4 Å². The van der Waals surface area contributed by atoms with E-state index in [1.165, 1.54) is 0 Å². The fourth-order valence-corrected chi connectivity index (χ4v) is 3.99. The zero-order chi connectivity index (χ0) is 15.9. The summed E-state index contributed by atoms with van der Waals surface area (Å²) in [5, 5.41) is 12.5. The Hall–Kier alpha value is -1.31. The molecule has 7 heteroatoms. The number of anilines is 1. The highest BCUT2D eigenvalue weighted by molar-refractivity contribution is 8.01.